The molecule has 6 heteroatoms. The van der Waals surface area contributed by atoms with E-state index in [0.717, 1.165) is 31.5 Å². The zero-order chi connectivity index (χ0) is 15.2. The summed E-state index contributed by atoms with van der Waals surface area (Å²) in [4.78, 5) is 13.8. The highest BCUT2D eigenvalue weighted by atomic mass is 32.2. The van der Waals surface area contributed by atoms with E-state index < -0.39 is 0 Å². The van der Waals surface area contributed by atoms with Gasteiger partial charge in [-0.3, -0.25) is 4.79 Å². The van der Waals surface area contributed by atoms with E-state index in [9.17, 15) is 4.79 Å². The quantitative estimate of drug-likeness (QED) is 0.794. The Bertz CT molecular complexity index is 648. The van der Waals surface area contributed by atoms with Crippen LogP contribution in [0.15, 0.2) is 40.0 Å². The summed E-state index contributed by atoms with van der Waals surface area (Å²) in [6.45, 7) is 1.74. The van der Waals surface area contributed by atoms with Crippen molar-refractivity contribution in [1.82, 2.24) is 15.1 Å². The number of likely N-dealkylation sites (tertiary alicyclic amines) is 1. The molecule has 114 valence electrons. The molecule has 1 aliphatic heterocycles. The van der Waals surface area contributed by atoms with Gasteiger partial charge in [-0.15, -0.1) is 10.2 Å². The van der Waals surface area contributed by atoms with Crippen molar-refractivity contribution in [1.29, 1.82) is 0 Å². The van der Waals surface area contributed by atoms with Gasteiger partial charge in [-0.25, -0.2) is 0 Å². The second kappa shape index (κ2) is 7.26. The van der Waals surface area contributed by atoms with Gasteiger partial charge in [-0.05, 0) is 24.5 Å². The van der Waals surface area contributed by atoms with Crippen LogP contribution in [0.2, 0.25) is 0 Å². The number of benzene rings is 1. The molecule has 0 spiro atoms. The molecule has 22 heavy (non-hydrogen) atoms. The fraction of sp³-hybridized carbons (Fsp3) is 0.312. The van der Waals surface area contributed by atoms with Gasteiger partial charge in [0.25, 0.3) is 5.22 Å². The number of hydrogen-bond donors (Lipinski definition) is 0. The summed E-state index contributed by atoms with van der Waals surface area (Å²) in [6, 6.07) is 9.90. The molecule has 0 bridgehead atoms. The zero-order valence-corrected chi connectivity index (χ0v) is 13.0. The summed E-state index contributed by atoms with van der Waals surface area (Å²) in [6.07, 6.45) is 5.89. The SMILES string of the molecule is O=C(CSc1nnc(/C=C/c2ccccc2)o1)N1CCCC1. The first-order valence-electron chi connectivity index (χ1n) is 7.28. The summed E-state index contributed by atoms with van der Waals surface area (Å²) >= 11 is 1.29. The van der Waals surface area contributed by atoms with Gasteiger partial charge in [0.2, 0.25) is 11.8 Å². The van der Waals surface area contributed by atoms with E-state index in [-0.39, 0.29) is 5.91 Å². The van der Waals surface area contributed by atoms with Crippen LogP contribution in [0, 0.1) is 0 Å². The van der Waals surface area contributed by atoms with Gasteiger partial charge < -0.3 is 9.32 Å². The lowest BCUT2D eigenvalue weighted by atomic mass is 10.2. The molecule has 0 N–H and O–H groups in total. The molecule has 1 amide bonds. The molecule has 0 atom stereocenters. The minimum Gasteiger partial charge on any atom is -0.412 e. The van der Waals surface area contributed by atoms with Gasteiger partial charge in [-0.2, -0.15) is 0 Å². The smallest absolute Gasteiger partial charge is 0.277 e. The van der Waals surface area contributed by atoms with Gasteiger partial charge in [0, 0.05) is 19.2 Å². The fourth-order valence-electron chi connectivity index (χ4n) is 2.26. The molecule has 1 aromatic carbocycles. The fourth-order valence-corrected chi connectivity index (χ4v) is 2.93. The first-order chi connectivity index (χ1) is 10.8. The largest absolute Gasteiger partial charge is 0.412 e. The number of hydrogen-bond acceptors (Lipinski definition) is 5. The maximum atomic E-state index is 11.9. The summed E-state index contributed by atoms with van der Waals surface area (Å²) in [5, 5.41) is 8.34. The van der Waals surface area contributed by atoms with Crippen LogP contribution in [-0.2, 0) is 4.79 Å². The summed E-state index contributed by atoms with van der Waals surface area (Å²) in [7, 11) is 0. The van der Waals surface area contributed by atoms with Crippen molar-refractivity contribution in [2.75, 3.05) is 18.8 Å². The third kappa shape index (κ3) is 3.98. The Labute approximate surface area is 133 Å². The highest BCUT2D eigenvalue weighted by Crippen LogP contribution is 2.19. The molecule has 0 radical (unpaired) electrons. The molecule has 1 aromatic heterocycles. The molecular formula is C16H17N3O2S. The van der Waals surface area contributed by atoms with Crippen molar-refractivity contribution in [3.8, 4) is 0 Å². The van der Waals surface area contributed by atoms with Crippen molar-refractivity contribution >= 4 is 29.8 Å². The second-order valence-corrected chi connectivity index (χ2v) is 5.95. The standard InChI is InChI=1S/C16H17N3O2S/c20-15(19-10-4-5-11-19)12-22-16-18-17-14(21-16)9-8-13-6-2-1-3-7-13/h1-3,6-9H,4-5,10-12H2/b9-8+. The van der Waals surface area contributed by atoms with Crippen molar-refractivity contribution in [3.05, 3.63) is 41.8 Å². The number of aromatic nitrogens is 2. The summed E-state index contributed by atoms with van der Waals surface area (Å²) in [5.41, 5.74) is 1.07. The predicted molar refractivity (Wildman–Crippen MR) is 86.2 cm³/mol. The van der Waals surface area contributed by atoms with Crippen molar-refractivity contribution in [2.45, 2.75) is 18.1 Å². The van der Waals surface area contributed by atoms with Gasteiger partial charge in [0.1, 0.15) is 0 Å². The number of thioether (sulfide) groups is 1. The zero-order valence-electron chi connectivity index (χ0n) is 12.1. The summed E-state index contributed by atoms with van der Waals surface area (Å²) in [5.74, 6) is 0.936. The van der Waals surface area contributed by atoms with Crippen LogP contribution in [0.1, 0.15) is 24.3 Å². The maximum absolute atomic E-state index is 11.9. The van der Waals surface area contributed by atoms with E-state index >= 15 is 0 Å². The van der Waals surface area contributed by atoms with Gasteiger partial charge in [-0.1, -0.05) is 42.1 Å². The Morgan fingerprint density at radius 3 is 2.73 bits per heavy atom. The molecule has 0 unspecified atom stereocenters. The second-order valence-electron chi connectivity index (χ2n) is 5.03. The van der Waals surface area contributed by atoms with Crippen LogP contribution in [0.25, 0.3) is 12.2 Å². The predicted octanol–water partition coefficient (Wildman–Crippen LogP) is 2.95. The molecule has 0 saturated carbocycles. The lowest BCUT2D eigenvalue weighted by Gasteiger charge is -2.13. The lowest BCUT2D eigenvalue weighted by molar-refractivity contribution is -0.127. The number of rotatable bonds is 5. The van der Waals surface area contributed by atoms with Crippen LogP contribution in [-0.4, -0.2) is 39.8 Å². The van der Waals surface area contributed by atoms with E-state index in [1.54, 1.807) is 6.08 Å². The van der Waals surface area contributed by atoms with E-state index in [1.165, 1.54) is 11.8 Å². The highest BCUT2D eigenvalue weighted by Gasteiger charge is 2.18. The van der Waals surface area contributed by atoms with E-state index in [4.69, 9.17) is 4.42 Å². The molecule has 2 aromatic rings. The first kappa shape index (κ1) is 14.8. The molecule has 5 nitrogen and oxygen atoms in total. The maximum Gasteiger partial charge on any atom is 0.277 e. The molecule has 0 aliphatic carbocycles. The van der Waals surface area contributed by atoms with Gasteiger partial charge in [0.05, 0.1) is 5.75 Å². The number of carbonyl (C=O) groups is 1. The number of carbonyl (C=O) groups excluding carboxylic acids is 1. The van der Waals surface area contributed by atoms with E-state index in [1.807, 2.05) is 41.3 Å². The first-order valence-corrected chi connectivity index (χ1v) is 8.27. The Hall–Kier alpha value is -2.08. The highest BCUT2D eigenvalue weighted by molar-refractivity contribution is 7.99. The number of amides is 1. The molecule has 1 saturated heterocycles. The minimum absolute atomic E-state index is 0.141. The molecule has 3 rings (SSSR count). The molecule has 1 aliphatic rings. The summed E-state index contributed by atoms with van der Waals surface area (Å²) < 4.78 is 5.50. The van der Waals surface area contributed by atoms with Gasteiger partial charge >= 0.3 is 0 Å². The topological polar surface area (TPSA) is 59.2 Å². The normalized spacial score (nSPS) is 14.8. The average Bonchev–Trinajstić information content (AvgIpc) is 3.23. The van der Waals surface area contributed by atoms with Crippen LogP contribution >= 0.6 is 11.8 Å². The van der Waals surface area contributed by atoms with E-state index in [0.29, 0.717) is 16.9 Å². The Morgan fingerprint density at radius 2 is 1.95 bits per heavy atom. The average molecular weight is 315 g/mol. The Balaban J connectivity index is 1.52. The molecular weight excluding hydrogens is 298 g/mol. The van der Waals surface area contributed by atoms with Crippen LogP contribution < -0.4 is 0 Å². The van der Waals surface area contributed by atoms with Gasteiger partial charge in [0.15, 0.2) is 0 Å². The lowest BCUT2D eigenvalue weighted by Crippen LogP contribution is -2.29. The number of nitrogens with zero attached hydrogens (tertiary/aromatic N) is 3. The Morgan fingerprint density at radius 1 is 1.18 bits per heavy atom. The molecule has 2 heterocycles. The van der Waals surface area contributed by atoms with Crippen molar-refractivity contribution < 1.29 is 9.21 Å². The van der Waals surface area contributed by atoms with Crippen LogP contribution in [0.5, 0.6) is 0 Å². The third-order valence-electron chi connectivity index (χ3n) is 3.42. The molecule has 1 fully saturated rings. The van der Waals surface area contributed by atoms with Crippen molar-refractivity contribution in [3.63, 3.8) is 0 Å². The van der Waals surface area contributed by atoms with Crippen LogP contribution in [0.3, 0.4) is 0 Å². The van der Waals surface area contributed by atoms with Crippen molar-refractivity contribution in [2.24, 2.45) is 0 Å². The third-order valence-corrected chi connectivity index (χ3v) is 4.22. The van der Waals surface area contributed by atoms with E-state index in [2.05, 4.69) is 10.2 Å². The Kier molecular flexibility index (Phi) is 4.90. The van der Waals surface area contributed by atoms with Crippen LogP contribution in [0.4, 0.5) is 0 Å². The monoisotopic (exact) mass is 315 g/mol. The minimum atomic E-state index is 0.141.